The highest BCUT2D eigenvalue weighted by atomic mass is 35.5. The van der Waals surface area contributed by atoms with Gasteiger partial charge in [0.15, 0.2) is 0 Å². The van der Waals surface area contributed by atoms with Crippen LogP contribution in [0, 0.1) is 13.8 Å². The molecular weight excluding hydrogens is 469 g/mol. The second kappa shape index (κ2) is 9.96. The number of nitrogens with one attached hydrogen (secondary N) is 1. The van der Waals surface area contributed by atoms with Gasteiger partial charge in [-0.05, 0) is 63.1 Å². The molecule has 1 aromatic heterocycles. The molecule has 3 aromatic carbocycles. The van der Waals surface area contributed by atoms with Crippen molar-refractivity contribution >= 4 is 51.3 Å². The monoisotopic (exact) mass is 493 g/mol. The number of carbonyl (C=O) groups excluding carboxylic acids is 1. The average molecular weight is 494 g/mol. The van der Waals surface area contributed by atoms with Crippen molar-refractivity contribution in [1.82, 2.24) is 0 Å². The van der Waals surface area contributed by atoms with Gasteiger partial charge in [0.2, 0.25) is 5.91 Å². The molecule has 0 fully saturated rings. The van der Waals surface area contributed by atoms with Crippen LogP contribution < -0.4 is 10.1 Å². The van der Waals surface area contributed by atoms with E-state index in [1.54, 1.807) is 24.5 Å². The van der Waals surface area contributed by atoms with Crippen molar-refractivity contribution in [1.29, 1.82) is 0 Å². The van der Waals surface area contributed by atoms with Gasteiger partial charge in [0.25, 0.3) is 0 Å². The first kappa shape index (κ1) is 23.9. The molecule has 4 nitrogen and oxygen atoms in total. The van der Waals surface area contributed by atoms with E-state index in [1.165, 1.54) is 0 Å². The van der Waals surface area contributed by atoms with E-state index in [0.717, 1.165) is 44.5 Å². The van der Waals surface area contributed by atoms with Crippen LogP contribution in [0.2, 0.25) is 10.0 Å². The number of aryl methyl sites for hydroxylation is 2. The van der Waals surface area contributed by atoms with Crippen LogP contribution in [0.4, 0.5) is 5.69 Å². The third kappa shape index (κ3) is 4.70. The van der Waals surface area contributed by atoms with Crippen LogP contribution in [-0.4, -0.2) is 12.5 Å². The van der Waals surface area contributed by atoms with Crippen molar-refractivity contribution in [3.05, 3.63) is 87.6 Å². The Balaban J connectivity index is 1.81. The predicted octanol–water partition coefficient (Wildman–Crippen LogP) is 8.46. The third-order valence-electron chi connectivity index (χ3n) is 5.73. The fourth-order valence-electron chi connectivity index (χ4n) is 4.01. The Bertz CT molecular complexity index is 1420. The number of para-hydroxylation sites is 1. The van der Waals surface area contributed by atoms with Gasteiger partial charge in [-0.2, -0.15) is 0 Å². The van der Waals surface area contributed by atoms with E-state index in [4.69, 9.17) is 32.4 Å². The summed E-state index contributed by atoms with van der Waals surface area (Å²) in [5, 5.41) is 4.94. The molecule has 0 spiro atoms. The van der Waals surface area contributed by atoms with Crippen molar-refractivity contribution in [3.63, 3.8) is 0 Å². The molecule has 174 valence electrons. The van der Waals surface area contributed by atoms with Crippen molar-refractivity contribution in [2.24, 2.45) is 0 Å². The lowest BCUT2D eigenvalue weighted by Crippen LogP contribution is -2.10. The summed E-state index contributed by atoms with van der Waals surface area (Å²) in [4.78, 5) is 12.8. The SMILES string of the molecule is CCOc1c(/C(C)=C/C(=O)Nc2ccccc2C)cc2c(-c3ccc(Cl)cc3Cl)coc2c1C. The largest absolute Gasteiger partial charge is 0.493 e. The molecule has 0 atom stereocenters. The minimum atomic E-state index is -0.208. The highest BCUT2D eigenvalue weighted by Crippen LogP contribution is 2.42. The minimum absolute atomic E-state index is 0.208. The van der Waals surface area contributed by atoms with Gasteiger partial charge in [-0.15, -0.1) is 0 Å². The molecule has 0 aliphatic heterocycles. The van der Waals surface area contributed by atoms with Gasteiger partial charge in [0.05, 0.1) is 17.9 Å². The Kier molecular flexibility index (Phi) is 7.01. The standard InChI is InChI=1S/C28H25Cl2NO3/c1-5-33-27-18(4)28-22(23(15-34-28)20-11-10-19(29)13-24(20)30)14-21(27)17(3)12-26(32)31-25-9-7-6-8-16(25)2/h6-15H,5H2,1-4H3,(H,31,32)/b17-12+. The van der Waals surface area contributed by atoms with Crippen molar-refractivity contribution in [3.8, 4) is 16.9 Å². The number of hydrogen-bond donors (Lipinski definition) is 1. The maximum atomic E-state index is 12.8. The molecule has 0 bridgehead atoms. The van der Waals surface area contributed by atoms with Gasteiger partial charge in [-0.3, -0.25) is 4.79 Å². The molecule has 0 radical (unpaired) electrons. The summed E-state index contributed by atoms with van der Waals surface area (Å²) in [6.07, 6.45) is 3.28. The van der Waals surface area contributed by atoms with E-state index in [-0.39, 0.29) is 5.91 Å². The summed E-state index contributed by atoms with van der Waals surface area (Å²) in [5.74, 6) is 0.482. The highest BCUT2D eigenvalue weighted by molar-refractivity contribution is 6.36. The number of halogens is 2. The van der Waals surface area contributed by atoms with Gasteiger partial charge in [-0.25, -0.2) is 0 Å². The van der Waals surface area contributed by atoms with Crippen molar-refractivity contribution < 1.29 is 13.9 Å². The average Bonchev–Trinajstić information content (AvgIpc) is 3.21. The fourth-order valence-corrected chi connectivity index (χ4v) is 4.52. The lowest BCUT2D eigenvalue weighted by Gasteiger charge is -2.15. The van der Waals surface area contributed by atoms with Crippen LogP contribution >= 0.6 is 23.2 Å². The number of rotatable bonds is 6. The molecule has 6 heteroatoms. The molecule has 0 unspecified atom stereocenters. The number of ether oxygens (including phenoxy) is 1. The topological polar surface area (TPSA) is 51.5 Å². The molecule has 34 heavy (non-hydrogen) atoms. The molecule has 0 saturated carbocycles. The molecule has 4 aromatic rings. The quantitative estimate of drug-likeness (QED) is 0.274. The normalized spacial score (nSPS) is 11.6. The zero-order chi connectivity index (χ0) is 24.4. The number of furan rings is 1. The first-order valence-corrected chi connectivity index (χ1v) is 11.7. The van der Waals surface area contributed by atoms with E-state index >= 15 is 0 Å². The number of amides is 1. The van der Waals surface area contributed by atoms with Crippen LogP contribution in [-0.2, 0) is 4.79 Å². The summed E-state index contributed by atoms with van der Waals surface area (Å²) < 4.78 is 11.9. The first-order valence-electron chi connectivity index (χ1n) is 11.0. The summed E-state index contributed by atoms with van der Waals surface area (Å²) in [7, 11) is 0. The molecule has 0 aliphatic carbocycles. The number of allylic oxidation sites excluding steroid dienone is 1. The van der Waals surface area contributed by atoms with E-state index in [2.05, 4.69) is 5.32 Å². The predicted molar refractivity (Wildman–Crippen MR) is 141 cm³/mol. The van der Waals surface area contributed by atoms with Gasteiger partial charge >= 0.3 is 0 Å². The molecule has 1 amide bonds. The van der Waals surface area contributed by atoms with Crippen LogP contribution in [0.1, 0.15) is 30.5 Å². The number of hydrogen-bond acceptors (Lipinski definition) is 3. The fraction of sp³-hybridized carbons (Fsp3) is 0.179. The molecule has 1 heterocycles. The molecular formula is C28H25Cl2NO3. The van der Waals surface area contributed by atoms with Crippen LogP contribution in [0.5, 0.6) is 5.75 Å². The Morgan fingerprint density at radius 3 is 2.56 bits per heavy atom. The summed E-state index contributed by atoms with van der Waals surface area (Å²) in [6, 6.07) is 15.0. The van der Waals surface area contributed by atoms with Crippen LogP contribution in [0.15, 0.2) is 65.3 Å². The Morgan fingerprint density at radius 2 is 1.85 bits per heavy atom. The highest BCUT2D eigenvalue weighted by Gasteiger charge is 2.20. The van der Waals surface area contributed by atoms with Crippen molar-refractivity contribution in [2.45, 2.75) is 27.7 Å². The number of fused-ring (bicyclic) bond motifs is 1. The first-order chi connectivity index (χ1) is 16.3. The van der Waals surface area contributed by atoms with E-state index < -0.39 is 0 Å². The van der Waals surface area contributed by atoms with Gasteiger partial charge in [-0.1, -0.05) is 47.5 Å². The third-order valence-corrected chi connectivity index (χ3v) is 6.28. The number of benzene rings is 3. The maximum absolute atomic E-state index is 12.8. The van der Waals surface area contributed by atoms with E-state index in [1.807, 2.05) is 64.1 Å². The number of anilines is 1. The zero-order valence-corrected chi connectivity index (χ0v) is 21.0. The zero-order valence-electron chi connectivity index (χ0n) is 19.5. The van der Waals surface area contributed by atoms with Gasteiger partial charge in [0.1, 0.15) is 11.3 Å². The molecule has 0 aliphatic rings. The van der Waals surface area contributed by atoms with Crippen LogP contribution in [0.3, 0.4) is 0 Å². The second-order valence-electron chi connectivity index (χ2n) is 8.09. The summed E-state index contributed by atoms with van der Waals surface area (Å²) in [6.45, 7) is 8.22. The lowest BCUT2D eigenvalue weighted by molar-refractivity contribution is -0.111. The van der Waals surface area contributed by atoms with Crippen molar-refractivity contribution in [2.75, 3.05) is 11.9 Å². The summed E-state index contributed by atoms with van der Waals surface area (Å²) in [5.41, 5.74) is 6.61. The lowest BCUT2D eigenvalue weighted by atomic mass is 9.96. The molecule has 4 rings (SSSR count). The van der Waals surface area contributed by atoms with Crippen LogP contribution in [0.25, 0.3) is 27.7 Å². The Hall–Kier alpha value is -3.21. The number of carbonyl (C=O) groups is 1. The molecule has 1 N–H and O–H groups in total. The minimum Gasteiger partial charge on any atom is -0.493 e. The maximum Gasteiger partial charge on any atom is 0.248 e. The summed E-state index contributed by atoms with van der Waals surface area (Å²) >= 11 is 12.6. The molecule has 0 saturated heterocycles. The second-order valence-corrected chi connectivity index (χ2v) is 8.94. The Labute approximate surface area is 209 Å². The van der Waals surface area contributed by atoms with Gasteiger partial charge in [0, 0.05) is 44.4 Å². The van der Waals surface area contributed by atoms with E-state index in [0.29, 0.717) is 28.0 Å². The van der Waals surface area contributed by atoms with Gasteiger partial charge < -0.3 is 14.5 Å². The Morgan fingerprint density at radius 1 is 1.09 bits per heavy atom. The smallest absolute Gasteiger partial charge is 0.248 e. The van der Waals surface area contributed by atoms with E-state index in [9.17, 15) is 4.79 Å².